The van der Waals surface area contributed by atoms with E-state index in [1.54, 1.807) is 26.0 Å². The van der Waals surface area contributed by atoms with Crippen molar-refractivity contribution in [1.82, 2.24) is 9.62 Å². The lowest BCUT2D eigenvalue weighted by Crippen LogP contribution is -2.27. The Morgan fingerprint density at radius 1 is 1.23 bits per heavy atom. The number of esters is 1. The van der Waals surface area contributed by atoms with Crippen LogP contribution in [-0.4, -0.2) is 56.8 Å². The number of para-hydroxylation sites is 1. The average molecular weight is 505 g/mol. The van der Waals surface area contributed by atoms with Crippen LogP contribution < -0.4 is 10.0 Å². The lowest BCUT2D eigenvalue weighted by Gasteiger charge is -2.16. The Hall–Kier alpha value is -3.80. The predicted molar refractivity (Wildman–Crippen MR) is 129 cm³/mol. The highest BCUT2D eigenvalue weighted by atomic mass is 32.2. The summed E-state index contributed by atoms with van der Waals surface area (Å²) in [5.74, 6) is -0.941. The molecule has 35 heavy (non-hydrogen) atoms. The lowest BCUT2D eigenvalue weighted by atomic mass is 10.1. The largest absolute Gasteiger partial charge is 0.505 e. The molecule has 0 bridgehead atoms. The van der Waals surface area contributed by atoms with E-state index in [9.17, 15) is 23.1 Å². The van der Waals surface area contributed by atoms with Gasteiger partial charge >= 0.3 is 5.97 Å². The quantitative estimate of drug-likeness (QED) is 0.367. The van der Waals surface area contributed by atoms with Crippen LogP contribution in [0.1, 0.15) is 48.2 Å². The number of amides is 1. The van der Waals surface area contributed by atoms with E-state index in [4.69, 9.17) is 9.15 Å². The first-order valence-electron chi connectivity index (χ1n) is 10.9. The second kappa shape index (κ2) is 10.2. The second-order valence-electron chi connectivity index (χ2n) is 7.91. The number of rotatable bonds is 8. The van der Waals surface area contributed by atoms with E-state index in [2.05, 4.69) is 15.0 Å². The molecule has 0 radical (unpaired) electrons. The molecule has 2 aromatic rings. The Labute approximate surface area is 203 Å². The number of nitrogens with one attached hydrogen (secondary N) is 2. The van der Waals surface area contributed by atoms with Crippen molar-refractivity contribution in [2.24, 2.45) is 4.99 Å². The SMILES string of the molecule is CCOC(=O)C1=C(Nc2cccc(C(=O)N(C)C)c2O)C(=N[C@H](CC)c2ccc(C)o2)NS1(=O)=O. The van der Waals surface area contributed by atoms with Gasteiger partial charge in [0.1, 0.15) is 23.3 Å². The number of phenols is 1. The van der Waals surface area contributed by atoms with Gasteiger partial charge in [-0.1, -0.05) is 13.0 Å². The molecule has 1 atom stereocenters. The number of hydrogen-bond donors (Lipinski definition) is 3. The first kappa shape index (κ1) is 25.8. The first-order chi connectivity index (χ1) is 16.5. The summed E-state index contributed by atoms with van der Waals surface area (Å²) >= 11 is 0. The standard InChI is InChI=1S/C23H28N4O7S/c1-6-15(17-12-11-13(3)34-17)25-21-18(20(23(30)33-7-2)35(31,32)26-21)24-16-10-8-9-14(19(16)28)22(29)27(4)5/h8-12,15,24,28H,6-7H2,1-5H3,(H,25,26)/t15-/m1/s1. The number of nitrogens with zero attached hydrogens (tertiary/aromatic N) is 2. The zero-order chi connectivity index (χ0) is 25.9. The van der Waals surface area contributed by atoms with Crippen molar-refractivity contribution in [1.29, 1.82) is 0 Å². The maximum absolute atomic E-state index is 12.9. The number of sulfonamides is 1. The summed E-state index contributed by atoms with van der Waals surface area (Å²) in [6.07, 6.45) is 0.471. The van der Waals surface area contributed by atoms with E-state index in [-0.39, 0.29) is 29.4 Å². The molecule has 1 aliphatic rings. The number of hydrogen-bond acceptors (Lipinski definition) is 9. The van der Waals surface area contributed by atoms with Crippen LogP contribution >= 0.6 is 0 Å². The van der Waals surface area contributed by atoms with Crippen LogP contribution in [0, 0.1) is 6.92 Å². The monoisotopic (exact) mass is 504 g/mol. The number of aryl methyl sites for hydroxylation is 1. The van der Waals surface area contributed by atoms with Gasteiger partial charge in [-0.05, 0) is 44.5 Å². The third-order valence-electron chi connectivity index (χ3n) is 5.12. The minimum absolute atomic E-state index is 0.00277. The summed E-state index contributed by atoms with van der Waals surface area (Å²) in [5, 5.41) is 13.5. The summed E-state index contributed by atoms with van der Waals surface area (Å²) in [5.41, 5.74) is -0.221. The Kier molecular flexibility index (Phi) is 7.54. The minimum atomic E-state index is -4.34. The van der Waals surface area contributed by atoms with Crippen molar-refractivity contribution < 1.29 is 32.3 Å². The zero-order valence-corrected chi connectivity index (χ0v) is 20.9. The number of benzene rings is 1. The van der Waals surface area contributed by atoms with Crippen molar-refractivity contribution >= 4 is 33.4 Å². The van der Waals surface area contributed by atoms with E-state index >= 15 is 0 Å². The highest BCUT2D eigenvalue weighted by Crippen LogP contribution is 2.33. The summed E-state index contributed by atoms with van der Waals surface area (Å²) in [4.78, 5) is 30.2. The van der Waals surface area contributed by atoms with Gasteiger partial charge in [-0.3, -0.25) is 14.5 Å². The molecular weight excluding hydrogens is 476 g/mol. The topological polar surface area (TPSA) is 151 Å². The summed E-state index contributed by atoms with van der Waals surface area (Å²) in [6, 6.07) is 7.32. The molecule has 3 N–H and O–H groups in total. The molecule has 0 aliphatic carbocycles. The third-order valence-corrected chi connectivity index (χ3v) is 6.49. The number of amidine groups is 1. The minimum Gasteiger partial charge on any atom is -0.505 e. The van der Waals surface area contributed by atoms with Crippen molar-refractivity contribution in [3.8, 4) is 5.75 Å². The van der Waals surface area contributed by atoms with Gasteiger partial charge in [0.2, 0.25) is 0 Å². The maximum atomic E-state index is 12.9. The molecule has 11 nitrogen and oxygen atoms in total. The number of aromatic hydroxyl groups is 1. The molecule has 12 heteroatoms. The number of ether oxygens (including phenoxy) is 1. The lowest BCUT2D eigenvalue weighted by molar-refractivity contribution is -0.137. The van der Waals surface area contributed by atoms with Gasteiger partial charge in [-0.25, -0.2) is 13.2 Å². The number of furan rings is 1. The maximum Gasteiger partial charge on any atom is 0.354 e. The zero-order valence-electron chi connectivity index (χ0n) is 20.1. The van der Waals surface area contributed by atoms with Crippen LogP contribution in [0.5, 0.6) is 5.75 Å². The van der Waals surface area contributed by atoms with Crippen LogP contribution in [0.15, 0.2) is 50.3 Å². The highest BCUT2D eigenvalue weighted by Gasteiger charge is 2.41. The molecule has 1 aliphatic heterocycles. The molecule has 0 unspecified atom stereocenters. The molecule has 1 aromatic carbocycles. The van der Waals surface area contributed by atoms with E-state index in [1.165, 1.54) is 37.2 Å². The Bertz CT molecular complexity index is 1310. The Balaban J connectivity index is 2.16. The Morgan fingerprint density at radius 2 is 1.94 bits per heavy atom. The molecule has 3 rings (SSSR count). The highest BCUT2D eigenvalue weighted by molar-refractivity contribution is 7.95. The molecule has 0 spiro atoms. The molecule has 188 valence electrons. The van der Waals surface area contributed by atoms with Crippen molar-refractivity contribution in [3.05, 3.63) is 58.0 Å². The normalized spacial score (nSPS) is 16.7. The third kappa shape index (κ3) is 5.32. The first-order valence-corrected chi connectivity index (χ1v) is 12.4. The molecule has 2 heterocycles. The summed E-state index contributed by atoms with van der Waals surface area (Å²) in [7, 11) is -1.28. The van der Waals surface area contributed by atoms with Crippen LogP contribution in [0.2, 0.25) is 0 Å². The fraction of sp³-hybridized carbons (Fsp3) is 0.348. The molecule has 1 amide bonds. The van der Waals surface area contributed by atoms with Gasteiger partial charge in [-0.15, -0.1) is 0 Å². The molecule has 1 aromatic heterocycles. The molecule has 0 saturated heterocycles. The van der Waals surface area contributed by atoms with E-state index in [0.717, 1.165) is 0 Å². The van der Waals surface area contributed by atoms with Crippen molar-refractivity contribution in [3.63, 3.8) is 0 Å². The number of aliphatic imine (C=N–C) groups is 1. The molecule has 0 fully saturated rings. The van der Waals surface area contributed by atoms with Gasteiger partial charge in [-0.2, -0.15) is 0 Å². The predicted octanol–water partition coefficient (Wildman–Crippen LogP) is 2.66. The van der Waals surface area contributed by atoms with Crippen molar-refractivity contribution in [2.75, 3.05) is 26.0 Å². The van der Waals surface area contributed by atoms with Gasteiger partial charge in [0.05, 0.1) is 17.9 Å². The number of carbonyl (C=O) groups excluding carboxylic acids is 2. The summed E-state index contributed by atoms with van der Waals surface area (Å²) < 4.78 is 38.7. The van der Waals surface area contributed by atoms with Gasteiger partial charge < -0.3 is 24.5 Å². The number of anilines is 1. The fourth-order valence-electron chi connectivity index (χ4n) is 3.42. The van der Waals surface area contributed by atoms with Crippen LogP contribution in [0.25, 0.3) is 0 Å². The average Bonchev–Trinajstić information content (AvgIpc) is 3.32. The van der Waals surface area contributed by atoms with Gasteiger partial charge in [0, 0.05) is 14.1 Å². The molecule has 0 saturated carbocycles. The van der Waals surface area contributed by atoms with E-state index in [0.29, 0.717) is 17.9 Å². The molecular formula is C23H28N4O7S. The fourth-order valence-corrected chi connectivity index (χ4v) is 4.63. The van der Waals surface area contributed by atoms with Crippen molar-refractivity contribution in [2.45, 2.75) is 33.2 Å². The van der Waals surface area contributed by atoms with Gasteiger partial charge in [0.25, 0.3) is 15.9 Å². The van der Waals surface area contributed by atoms with E-state index < -0.39 is 38.6 Å². The van der Waals surface area contributed by atoms with Crippen LogP contribution in [0.3, 0.4) is 0 Å². The Morgan fingerprint density at radius 3 is 2.51 bits per heavy atom. The second-order valence-corrected chi connectivity index (χ2v) is 9.53. The smallest absolute Gasteiger partial charge is 0.354 e. The van der Waals surface area contributed by atoms with Gasteiger partial charge in [0.15, 0.2) is 16.5 Å². The summed E-state index contributed by atoms with van der Waals surface area (Å²) in [6.45, 7) is 5.11. The number of carbonyl (C=O) groups is 2. The number of phenolic OH excluding ortho intramolecular Hbond substituents is 1. The van der Waals surface area contributed by atoms with E-state index in [1.807, 2.05) is 6.92 Å². The van der Waals surface area contributed by atoms with Crippen LogP contribution in [-0.2, 0) is 19.6 Å². The van der Waals surface area contributed by atoms with Crippen LogP contribution in [0.4, 0.5) is 5.69 Å².